The molecular weight excluding hydrogens is 456 g/mol. The number of aromatic hydroxyl groups is 1. The van der Waals surface area contributed by atoms with Crippen LogP contribution in [0.15, 0.2) is 131 Å². The first-order valence-corrected chi connectivity index (χ1v) is 12.4. The van der Waals surface area contributed by atoms with Gasteiger partial charge in [-0.1, -0.05) is 78.9 Å². The number of hydrogen-bond acceptors (Lipinski definition) is 4. The number of phenolic OH excluding ortho intramolecular Hbond substituents is 1. The van der Waals surface area contributed by atoms with Crippen LogP contribution in [0.4, 0.5) is 0 Å². The third-order valence-corrected chi connectivity index (χ3v) is 7.42. The predicted molar refractivity (Wildman–Crippen MR) is 147 cm³/mol. The van der Waals surface area contributed by atoms with Gasteiger partial charge in [0.15, 0.2) is 5.82 Å². The molecule has 2 aromatic carbocycles. The van der Waals surface area contributed by atoms with Crippen LogP contribution in [-0.2, 0) is 0 Å². The fourth-order valence-corrected chi connectivity index (χ4v) is 5.62. The largest absolute Gasteiger partial charge is 0.507 e. The first-order valence-electron chi connectivity index (χ1n) is 12.4. The van der Waals surface area contributed by atoms with Crippen molar-refractivity contribution in [1.29, 1.82) is 0 Å². The molecule has 0 spiro atoms. The van der Waals surface area contributed by atoms with Gasteiger partial charge in [0, 0.05) is 28.7 Å². The Morgan fingerprint density at radius 2 is 1.73 bits per heavy atom. The molecule has 178 valence electrons. The Bertz CT molecular complexity index is 1680. The molecule has 1 atom stereocenters. The van der Waals surface area contributed by atoms with E-state index in [4.69, 9.17) is 14.7 Å². The lowest BCUT2D eigenvalue weighted by molar-refractivity contribution is 0.408. The van der Waals surface area contributed by atoms with E-state index >= 15 is 0 Å². The van der Waals surface area contributed by atoms with Crippen molar-refractivity contribution in [3.8, 4) is 34.0 Å². The van der Waals surface area contributed by atoms with Crippen molar-refractivity contribution in [1.82, 2.24) is 9.97 Å². The minimum Gasteiger partial charge on any atom is -0.507 e. The van der Waals surface area contributed by atoms with Gasteiger partial charge in [0.2, 0.25) is 0 Å². The Morgan fingerprint density at radius 1 is 0.865 bits per heavy atom. The molecule has 0 amide bonds. The SMILES string of the molecule is COc1ccc(-c2cc(-c3ccccc3)nc(C3=CC=C4C=CC5=C6C(=CC=C3C46)CC=C5)n2)c(O)c1. The molecule has 37 heavy (non-hydrogen) atoms. The van der Waals surface area contributed by atoms with Gasteiger partial charge in [0.1, 0.15) is 11.5 Å². The highest BCUT2D eigenvalue weighted by molar-refractivity contribution is 5.86. The highest BCUT2D eigenvalue weighted by Gasteiger charge is 2.35. The van der Waals surface area contributed by atoms with Gasteiger partial charge < -0.3 is 9.84 Å². The fraction of sp³-hybridized carbons (Fsp3) is 0.0909. The zero-order valence-corrected chi connectivity index (χ0v) is 20.3. The van der Waals surface area contributed by atoms with E-state index in [2.05, 4.69) is 48.6 Å². The van der Waals surface area contributed by atoms with Crippen molar-refractivity contribution in [2.45, 2.75) is 6.42 Å². The minimum atomic E-state index is 0.119. The van der Waals surface area contributed by atoms with Crippen LogP contribution >= 0.6 is 0 Å². The molecule has 1 aromatic heterocycles. The number of aromatic nitrogens is 2. The van der Waals surface area contributed by atoms with E-state index in [0.29, 0.717) is 22.8 Å². The molecule has 0 saturated carbocycles. The van der Waals surface area contributed by atoms with Gasteiger partial charge in [-0.3, -0.25) is 0 Å². The van der Waals surface area contributed by atoms with E-state index in [9.17, 15) is 5.11 Å². The molecule has 1 heterocycles. The summed E-state index contributed by atoms with van der Waals surface area (Å²) < 4.78 is 5.29. The number of benzene rings is 2. The maximum Gasteiger partial charge on any atom is 0.160 e. The number of ether oxygens (including phenoxy) is 1. The highest BCUT2D eigenvalue weighted by atomic mass is 16.5. The normalized spacial score (nSPS) is 19.0. The maximum atomic E-state index is 10.8. The third-order valence-electron chi connectivity index (χ3n) is 7.42. The third kappa shape index (κ3) is 3.53. The number of allylic oxidation sites excluding steroid dienone is 14. The Balaban J connectivity index is 1.42. The lowest BCUT2D eigenvalue weighted by Crippen LogP contribution is -2.23. The van der Waals surface area contributed by atoms with Gasteiger partial charge in [-0.2, -0.15) is 0 Å². The lowest BCUT2D eigenvalue weighted by Gasteiger charge is -2.37. The highest BCUT2D eigenvalue weighted by Crippen LogP contribution is 2.50. The quantitative estimate of drug-likeness (QED) is 0.431. The maximum absolute atomic E-state index is 10.8. The monoisotopic (exact) mass is 480 g/mol. The smallest absolute Gasteiger partial charge is 0.160 e. The molecule has 1 N–H and O–H groups in total. The lowest BCUT2D eigenvalue weighted by atomic mass is 9.67. The van der Waals surface area contributed by atoms with Crippen molar-refractivity contribution in [3.63, 3.8) is 0 Å². The zero-order valence-electron chi connectivity index (χ0n) is 20.3. The van der Waals surface area contributed by atoms with Crippen LogP contribution in [0.2, 0.25) is 0 Å². The molecular formula is C33H24N2O2. The Labute approximate surface area is 215 Å². The second-order valence-electron chi connectivity index (χ2n) is 9.51. The van der Waals surface area contributed by atoms with E-state index < -0.39 is 0 Å². The summed E-state index contributed by atoms with van der Waals surface area (Å²) in [5.74, 6) is 1.55. The van der Waals surface area contributed by atoms with Gasteiger partial charge >= 0.3 is 0 Å². The number of nitrogens with zero attached hydrogens (tertiary/aromatic N) is 2. The number of methoxy groups -OCH3 is 1. The molecule has 0 bridgehead atoms. The van der Waals surface area contributed by atoms with Gasteiger partial charge in [-0.15, -0.1) is 0 Å². The molecule has 4 aliphatic carbocycles. The van der Waals surface area contributed by atoms with Gasteiger partial charge in [0.25, 0.3) is 0 Å². The molecule has 4 aliphatic rings. The summed E-state index contributed by atoms with van der Waals surface area (Å²) in [6.45, 7) is 0. The van der Waals surface area contributed by atoms with E-state index in [0.717, 1.165) is 23.3 Å². The van der Waals surface area contributed by atoms with Crippen molar-refractivity contribution >= 4 is 5.57 Å². The summed E-state index contributed by atoms with van der Waals surface area (Å²) >= 11 is 0. The molecule has 0 aliphatic heterocycles. The standard InChI is InChI=1S/C33H24N2O2/c1-37-24-14-17-27(30(36)18-24)29-19-28(20-6-3-2-4-7-20)34-33(35-29)26-16-13-23-11-10-21-8-5-9-22-12-15-25(26)32(23)31(21)22/h2-8,10-19,32,36H,9H2,1H3. The summed E-state index contributed by atoms with van der Waals surface area (Å²) in [5.41, 5.74) is 10.7. The van der Waals surface area contributed by atoms with Gasteiger partial charge in [-0.25, -0.2) is 9.97 Å². The topological polar surface area (TPSA) is 55.2 Å². The summed E-state index contributed by atoms with van der Waals surface area (Å²) in [6.07, 6.45) is 18.7. The van der Waals surface area contributed by atoms with Crippen LogP contribution in [-0.4, -0.2) is 22.2 Å². The first-order chi connectivity index (χ1) is 18.2. The van der Waals surface area contributed by atoms with E-state index in [-0.39, 0.29) is 11.7 Å². The van der Waals surface area contributed by atoms with Crippen molar-refractivity contribution in [2.24, 2.45) is 5.92 Å². The molecule has 0 radical (unpaired) electrons. The molecule has 0 fully saturated rings. The molecule has 4 heteroatoms. The Kier molecular flexibility index (Phi) is 4.93. The number of phenols is 1. The molecule has 4 nitrogen and oxygen atoms in total. The van der Waals surface area contributed by atoms with Crippen LogP contribution in [0, 0.1) is 5.92 Å². The number of rotatable bonds is 4. The van der Waals surface area contributed by atoms with Crippen LogP contribution < -0.4 is 4.74 Å². The van der Waals surface area contributed by atoms with Crippen LogP contribution in [0.1, 0.15) is 12.2 Å². The summed E-state index contributed by atoms with van der Waals surface area (Å²) in [4.78, 5) is 10.1. The molecule has 1 unspecified atom stereocenters. The molecule has 7 rings (SSSR count). The zero-order chi connectivity index (χ0) is 24.9. The number of hydrogen-bond donors (Lipinski definition) is 1. The Hall–Kier alpha value is -4.70. The molecule has 0 saturated heterocycles. The van der Waals surface area contributed by atoms with Crippen molar-refractivity contribution in [2.75, 3.05) is 7.11 Å². The molecule has 3 aromatic rings. The fourth-order valence-electron chi connectivity index (χ4n) is 5.62. The van der Waals surface area contributed by atoms with Crippen molar-refractivity contribution in [3.05, 3.63) is 137 Å². The van der Waals surface area contributed by atoms with Crippen LogP contribution in [0.3, 0.4) is 0 Å². The van der Waals surface area contributed by atoms with Crippen LogP contribution in [0.5, 0.6) is 11.5 Å². The Morgan fingerprint density at radius 3 is 2.57 bits per heavy atom. The van der Waals surface area contributed by atoms with E-state index in [1.54, 1.807) is 13.2 Å². The minimum absolute atomic E-state index is 0.119. The second kappa shape index (κ2) is 8.45. The second-order valence-corrected chi connectivity index (χ2v) is 9.51. The van der Waals surface area contributed by atoms with E-state index in [1.165, 1.54) is 27.9 Å². The van der Waals surface area contributed by atoms with E-state index in [1.807, 2.05) is 48.5 Å². The summed E-state index contributed by atoms with van der Waals surface area (Å²) in [6, 6.07) is 17.3. The van der Waals surface area contributed by atoms with Gasteiger partial charge in [-0.05, 0) is 52.5 Å². The van der Waals surface area contributed by atoms with Crippen molar-refractivity contribution < 1.29 is 9.84 Å². The average Bonchev–Trinajstić information content (AvgIpc) is 2.96. The van der Waals surface area contributed by atoms with Gasteiger partial charge in [0.05, 0.1) is 18.5 Å². The first kappa shape index (κ1) is 21.6. The predicted octanol–water partition coefficient (Wildman–Crippen LogP) is 7.16. The van der Waals surface area contributed by atoms with Crippen LogP contribution in [0.25, 0.3) is 28.1 Å². The summed E-state index contributed by atoms with van der Waals surface area (Å²) in [7, 11) is 1.59. The average molecular weight is 481 g/mol. The summed E-state index contributed by atoms with van der Waals surface area (Å²) in [5, 5.41) is 10.8.